The zero-order valence-corrected chi connectivity index (χ0v) is 8.21. The predicted molar refractivity (Wildman–Crippen MR) is 49.5 cm³/mol. The van der Waals surface area contributed by atoms with Crippen LogP contribution in [0.1, 0.15) is 25.7 Å². The van der Waals surface area contributed by atoms with E-state index in [1.807, 2.05) is 0 Å². The minimum Gasteiger partial charge on any atom is -0.381 e. The first-order valence-corrected chi connectivity index (χ1v) is 5.20. The van der Waals surface area contributed by atoms with Crippen molar-refractivity contribution in [2.24, 2.45) is 0 Å². The summed E-state index contributed by atoms with van der Waals surface area (Å²) in [7, 11) is 1.77. The molecule has 3 heteroatoms. The number of rotatable bonds is 2. The molecule has 0 spiro atoms. The van der Waals surface area contributed by atoms with E-state index in [-0.39, 0.29) is 0 Å². The van der Waals surface area contributed by atoms with E-state index in [9.17, 15) is 4.39 Å². The second-order valence-electron chi connectivity index (χ2n) is 4.19. The molecule has 1 saturated heterocycles. The van der Waals surface area contributed by atoms with Gasteiger partial charge in [-0.1, -0.05) is 0 Å². The van der Waals surface area contributed by atoms with Crippen LogP contribution >= 0.6 is 0 Å². The number of piperidine rings is 1. The molecule has 0 amide bonds. The molecule has 0 aromatic rings. The first kappa shape index (κ1) is 9.41. The molecule has 1 aliphatic heterocycles. The molecule has 13 heavy (non-hydrogen) atoms. The summed E-state index contributed by atoms with van der Waals surface area (Å²) in [4.78, 5) is 2.42. The van der Waals surface area contributed by atoms with E-state index in [0.717, 1.165) is 38.8 Å². The highest BCUT2D eigenvalue weighted by Crippen LogP contribution is 2.30. The summed E-state index contributed by atoms with van der Waals surface area (Å²) in [5, 5.41) is 0. The predicted octanol–water partition coefficient (Wildman–Crippen LogP) is 1.60. The van der Waals surface area contributed by atoms with Crippen LogP contribution in [-0.2, 0) is 4.74 Å². The van der Waals surface area contributed by atoms with E-state index >= 15 is 0 Å². The summed E-state index contributed by atoms with van der Waals surface area (Å²) in [6.07, 6.45) is 3.67. The van der Waals surface area contributed by atoms with Gasteiger partial charge in [-0.3, -0.25) is 4.90 Å². The van der Waals surface area contributed by atoms with Crippen molar-refractivity contribution >= 4 is 0 Å². The minimum atomic E-state index is -0.547. The number of alkyl halides is 1. The second-order valence-corrected chi connectivity index (χ2v) is 4.19. The van der Waals surface area contributed by atoms with Gasteiger partial charge < -0.3 is 4.74 Å². The second kappa shape index (κ2) is 3.93. The third-order valence-corrected chi connectivity index (χ3v) is 3.38. The van der Waals surface area contributed by atoms with Crippen molar-refractivity contribution in [3.05, 3.63) is 0 Å². The third-order valence-electron chi connectivity index (χ3n) is 3.38. The summed E-state index contributed by atoms with van der Waals surface area (Å²) >= 11 is 0. The Balaban J connectivity index is 1.71. The molecule has 1 aliphatic carbocycles. The molecule has 1 heterocycles. The molecule has 0 radical (unpaired) electrons. The molecule has 76 valence electrons. The van der Waals surface area contributed by atoms with E-state index in [4.69, 9.17) is 4.74 Å². The smallest absolute Gasteiger partial charge is 0.103 e. The number of hydrogen-bond acceptors (Lipinski definition) is 2. The zero-order valence-electron chi connectivity index (χ0n) is 8.21. The summed E-state index contributed by atoms with van der Waals surface area (Å²) in [6.45, 7) is 1.89. The van der Waals surface area contributed by atoms with Gasteiger partial charge in [0.15, 0.2) is 0 Å². The molecule has 2 rings (SSSR count). The van der Waals surface area contributed by atoms with Gasteiger partial charge in [0.05, 0.1) is 6.10 Å². The lowest BCUT2D eigenvalue weighted by Crippen LogP contribution is -2.50. The van der Waals surface area contributed by atoms with Crippen molar-refractivity contribution < 1.29 is 9.13 Å². The van der Waals surface area contributed by atoms with Gasteiger partial charge in [0, 0.05) is 26.2 Å². The Kier molecular flexibility index (Phi) is 2.84. The Labute approximate surface area is 79.1 Å². The van der Waals surface area contributed by atoms with Crippen molar-refractivity contribution in [2.45, 2.75) is 44.0 Å². The summed E-state index contributed by atoms with van der Waals surface area (Å²) in [5.41, 5.74) is 0. The SMILES string of the molecule is COC1CC(N2CCC(F)CC2)C1. The number of ether oxygens (including phenoxy) is 1. The third kappa shape index (κ3) is 2.02. The number of hydrogen-bond donors (Lipinski definition) is 0. The first-order chi connectivity index (χ1) is 6.29. The topological polar surface area (TPSA) is 12.5 Å². The fourth-order valence-corrected chi connectivity index (χ4v) is 2.26. The van der Waals surface area contributed by atoms with Gasteiger partial charge >= 0.3 is 0 Å². The van der Waals surface area contributed by atoms with E-state index < -0.39 is 6.17 Å². The molecule has 0 atom stereocenters. The van der Waals surface area contributed by atoms with Crippen LogP contribution in [0.2, 0.25) is 0 Å². The summed E-state index contributed by atoms with van der Waals surface area (Å²) in [6, 6.07) is 0.678. The van der Waals surface area contributed by atoms with Crippen LogP contribution < -0.4 is 0 Å². The molecule has 0 aromatic carbocycles. The Morgan fingerprint density at radius 1 is 1.23 bits per heavy atom. The number of halogens is 1. The molecule has 2 nitrogen and oxygen atoms in total. The molecule has 1 saturated carbocycles. The highest BCUT2D eigenvalue weighted by Gasteiger charge is 2.35. The zero-order chi connectivity index (χ0) is 9.26. The highest BCUT2D eigenvalue weighted by atomic mass is 19.1. The number of likely N-dealkylation sites (tertiary alicyclic amines) is 1. The van der Waals surface area contributed by atoms with Gasteiger partial charge in [-0.25, -0.2) is 4.39 Å². The maximum Gasteiger partial charge on any atom is 0.103 e. The van der Waals surface area contributed by atoms with E-state index in [1.165, 1.54) is 0 Å². The quantitative estimate of drug-likeness (QED) is 0.651. The molecule has 0 bridgehead atoms. The van der Waals surface area contributed by atoms with Gasteiger partial charge in [-0.15, -0.1) is 0 Å². The maximum absolute atomic E-state index is 12.8. The first-order valence-electron chi connectivity index (χ1n) is 5.20. The molecule has 2 aliphatic rings. The largest absolute Gasteiger partial charge is 0.381 e. The lowest BCUT2D eigenvalue weighted by atomic mass is 9.86. The van der Waals surface area contributed by atoms with Crippen LogP contribution in [-0.4, -0.2) is 43.4 Å². The van der Waals surface area contributed by atoms with Crippen LogP contribution in [0.25, 0.3) is 0 Å². The van der Waals surface area contributed by atoms with Gasteiger partial charge in [0.25, 0.3) is 0 Å². The van der Waals surface area contributed by atoms with Crippen molar-refractivity contribution in [1.29, 1.82) is 0 Å². The normalized spacial score (nSPS) is 37.4. The molecular weight excluding hydrogens is 169 g/mol. The van der Waals surface area contributed by atoms with Gasteiger partial charge in [-0.05, 0) is 25.7 Å². The number of methoxy groups -OCH3 is 1. The molecule has 0 N–H and O–H groups in total. The van der Waals surface area contributed by atoms with Crippen LogP contribution in [0.15, 0.2) is 0 Å². The molecular formula is C10H18FNO. The van der Waals surface area contributed by atoms with Crippen LogP contribution in [0.5, 0.6) is 0 Å². The lowest BCUT2D eigenvalue weighted by Gasteiger charge is -2.44. The van der Waals surface area contributed by atoms with Crippen molar-refractivity contribution in [3.63, 3.8) is 0 Å². The monoisotopic (exact) mass is 187 g/mol. The van der Waals surface area contributed by atoms with E-state index in [0.29, 0.717) is 12.1 Å². The van der Waals surface area contributed by atoms with Gasteiger partial charge in [0.1, 0.15) is 6.17 Å². The summed E-state index contributed by atoms with van der Waals surface area (Å²) in [5.74, 6) is 0. The fourth-order valence-electron chi connectivity index (χ4n) is 2.26. The Bertz CT molecular complexity index is 162. The van der Waals surface area contributed by atoms with Gasteiger partial charge in [-0.2, -0.15) is 0 Å². The van der Waals surface area contributed by atoms with Gasteiger partial charge in [0.2, 0.25) is 0 Å². The minimum absolute atomic E-state index is 0.466. The van der Waals surface area contributed by atoms with Crippen LogP contribution in [0.4, 0.5) is 4.39 Å². The lowest BCUT2D eigenvalue weighted by molar-refractivity contribution is -0.0377. The molecule has 0 aromatic heterocycles. The Hall–Kier alpha value is -0.150. The van der Waals surface area contributed by atoms with Crippen molar-refractivity contribution in [3.8, 4) is 0 Å². The number of nitrogens with zero attached hydrogens (tertiary/aromatic N) is 1. The maximum atomic E-state index is 12.8. The Morgan fingerprint density at radius 3 is 2.38 bits per heavy atom. The molecule has 0 unspecified atom stereocenters. The average molecular weight is 187 g/mol. The fraction of sp³-hybridized carbons (Fsp3) is 1.00. The van der Waals surface area contributed by atoms with Crippen LogP contribution in [0, 0.1) is 0 Å². The van der Waals surface area contributed by atoms with Crippen molar-refractivity contribution in [1.82, 2.24) is 4.90 Å². The van der Waals surface area contributed by atoms with E-state index in [1.54, 1.807) is 7.11 Å². The van der Waals surface area contributed by atoms with Crippen LogP contribution in [0.3, 0.4) is 0 Å². The standard InChI is InChI=1S/C10H18FNO/c1-13-10-6-9(7-10)12-4-2-8(11)3-5-12/h8-10H,2-7H2,1H3. The summed E-state index contributed by atoms with van der Waals surface area (Å²) < 4.78 is 18.1. The van der Waals surface area contributed by atoms with E-state index in [2.05, 4.69) is 4.90 Å². The molecule has 2 fully saturated rings. The van der Waals surface area contributed by atoms with Crippen molar-refractivity contribution in [2.75, 3.05) is 20.2 Å². The highest BCUT2D eigenvalue weighted by molar-refractivity contribution is 4.89. The average Bonchev–Trinajstić information content (AvgIpc) is 2.06. The Morgan fingerprint density at radius 2 is 1.85 bits per heavy atom.